The molecule has 38 heavy (non-hydrogen) atoms. The normalized spacial score (nSPS) is 12.3. The number of ether oxygens (including phenoxy) is 2. The van der Waals surface area contributed by atoms with E-state index in [0.717, 1.165) is 36.8 Å². The van der Waals surface area contributed by atoms with Crippen LogP contribution in [0.4, 0.5) is 8.78 Å². The lowest BCUT2D eigenvalue weighted by Crippen LogP contribution is -2.11. The van der Waals surface area contributed by atoms with Crippen molar-refractivity contribution in [3.8, 4) is 22.6 Å². The van der Waals surface area contributed by atoms with Crippen LogP contribution in [0.2, 0.25) is 0 Å². The molecule has 2 nitrogen and oxygen atoms in total. The molecule has 212 valence electrons. The van der Waals surface area contributed by atoms with E-state index >= 15 is 8.78 Å². The zero-order valence-corrected chi connectivity index (χ0v) is 24.0. The van der Waals surface area contributed by atoms with Gasteiger partial charge in [0.15, 0.2) is 23.1 Å². The average molecular weight is 529 g/mol. The third-order valence-electron chi connectivity index (χ3n) is 7.84. The van der Waals surface area contributed by atoms with Gasteiger partial charge in [-0.15, -0.1) is 0 Å². The first-order valence-corrected chi connectivity index (χ1v) is 15.6. The first kappa shape index (κ1) is 30.4. The second-order valence-electron chi connectivity index (χ2n) is 11.0. The standard InChI is InChI=1S/C34H50F2O2/c1-3-5-7-9-11-13-15-17-25-37-31-23-21-27-28-22-24-32(34(36)30(28)20-19-29(27)33(31)35)38-26-18-16-14-12-10-8-6-4-2/h21-24H,3-20,25-26H2,1-2H3. The maximum Gasteiger partial charge on any atom is 0.168 e. The third-order valence-corrected chi connectivity index (χ3v) is 7.84. The molecule has 2 aromatic rings. The summed E-state index contributed by atoms with van der Waals surface area (Å²) in [4.78, 5) is 0. The Labute approximate surface area is 230 Å². The van der Waals surface area contributed by atoms with Crippen molar-refractivity contribution in [2.24, 2.45) is 0 Å². The van der Waals surface area contributed by atoms with Gasteiger partial charge in [0.05, 0.1) is 13.2 Å². The number of fused-ring (bicyclic) bond motifs is 3. The highest BCUT2D eigenvalue weighted by Crippen LogP contribution is 2.40. The van der Waals surface area contributed by atoms with E-state index in [4.69, 9.17) is 9.47 Å². The average Bonchev–Trinajstić information content (AvgIpc) is 2.93. The molecular weight excluding hydrogens is 478 g/mol. The second-order valence-corrected chi connectivity index (χ2v) is 11.0. The number of benzene rings is 2. The summed E-state index contributed by atoms with van der Waals surface area (Å²) in [6.07, 6.45) is 20.5. The highest BCUT2D eigenvalue weighted by atomic mass is 19.1. The van der Waals surface area contributed by atoms with E-state index in [2.05, 4.69) is 13.8 Å². The van der Waals surface area contributed by atoms with E-state index in [0.29, 0.717) is 48.7 Å². The van der Waals surface area contributed by atoms with Gasteiger partial charge in [-0.05, 0) is 60.1 Å². The molecule has 0 aromatic heterocycles. The first-order chi connectivity index (χ1) is 18.7. The molecule has 3 rings (SSSR count). The van der Waals surface area contributed by atoms with Gasteiger partial charge in [0.2, 0.25) is 0 Å². The molecule has 0 fully saturated rings. The largest absolute Gasteiger partial charge is 0.491 e. The highest BCUT2D eigenvalue weighted by Gasteiger charge is 2.25. The molecule has 0 amide bonds. The van der Waals surface area contributed by atoms with E-state index in [1.807, 2.05) is 12.1 Å². The number of rotatable bonds is 20. The third kappa shape index (κ3) is 9.27. The molecule has 1 aliphatic rings. The zero-order valence-electron chi connectivity index (χ0n) is 24.0. The fourth-order valence-corrected chi connectivity index (χ4v) is 5.50. The fraction of sp³-hybridized carbons (Fsp3) is 0.647. The van der Waals surface area contributed by atoms with Gasteiger partial charge >= 0.3 is 0 Å². The van der Waals surface area contributed by atoms with E-state index in [-0.39, 0.29) is 11.6 Å². The van der Waals surface area contributed by atoms with E-state index in [1.54, 1.807) is 12.1 Å². The fourth-order valence-electron chi connectivity index (χ4n) is 5.50. The number of hydrogen-bond donors (Lipinski definition) is 0. The van der Waals surface area contributed by atoms with Crippen LogP contribution < -0.4 is 9.47 Å². The first-order valence-electron chi connectivity index (χ1n) is 15.6. The van der Waals surface area contributed by atoms with Crippen molar-refractivity contribution >= 4 is 0 Å². The quantitative estimate of drug-likeness (QED) is 0.159. The zero-order chi connectivity index (χ0) is 27.0. The summed E-state index contributed by atoms with van der Waals surface area (Å²) < 4.78 is 42.2. The number of halogens is 2. The summed E-state index contributed by atoms with van der Waals surface area (Å²) >= 11 is 0. The van der Waals surface area contributed by atoms with E-state index in [1.165, 1.54) is 77.0 Å². The molecule has 0 spiro atoms. The molecule has 0 atom stereocenters. The molecule has 0 N–H and O–H groups in total. The lowest BCUT2D eigenvalue weighted by molar-refractivity contribution is 0.288. The van der Waals surface area contributed by atoms with Crippen molar-refractivity contribution in [3.63, 3.8) is 0 Å². The molecule has 0 bridgehead atoms. The minimum atomic E-state index is -0.289. The maximum absolute atomic E-state index is 15.3. The maximum atomic E-state index is 15.3. The SMILES string of the molecule is CCCCCCCCCCOc1ccc2c(c1F)CCc1c-2ccc(OCCCCCCCCCC)c1F. The van der Waals surface area contributed by atoms with Gasteiger partial charge in [-0.25, -0.2) is 8.78 Å². The van der Waals surface area contributed by atoms with Crippen LogP contribution in [0.15, 0.2) is 24.3 Å². The van der Waals surface area contributed by atoms with Crippen molar-refractivity contribution in [3.05, 3.63) is 47.0 Å². The van der Waals surface area contributed by atoms with Crippen molar-refractivity contribution in [2.45, 2.75) is 129 Å². The van der Waals surface area contributed by atoms with Gasteiger partial charge < -0.3 is 9.47 Å². The Hall–Kier alpha value is -2.10. The lowest BCUT2D eigenvalue weighted by atomic mass is 9.84. The van der Waals surface area contributed by atoms with Gasteiger partial charge in [0.1, 0.15) is 0 Å². The summed E-state index contributed by atoms with van der Waals surface area (Å²) in [6.45, 7) is 5.54. The van der Waals surface area contributed by atoms with Crippen molar-refractivity contribution in [2.75, 3.05) is 13.2 Å². The van der Waals surface area contributed by atoms with Gasteiger partial charge in [0.25, 0.3) is 0 Å². The van der Waals surface area contributed by atoms with Crippen LogP contribution in [0.5, 0.6) is 11.5 Å². The summed E-state index contributed by atoms with van der Waals surface area (Å²) in [7, 11) is 0. The van der Waals surface area contributed by atoms with Crippen molar-refractivity contribution < 1.29 is 18.3 Å². The Balaban J connectivity index is 1.46. The van der Waals surface area contributed by atoms with Crippen LogP contribution in [0.25, 0.3) is 11.1 Å². The predicted molar refractivity (Wildman–Crippen MR) is 155 cm³/mol. The Morgan fingerprint density at radius 1 is 0.500 bits per heavy atom. The van der Waals surface area contributed by atoms with Crippen LogP contribution in [0.1, 0.15) is 128 Å². The smallest absolute Gasteiger partial charge is 0.168 e. The van der Waals surface area contributed by atoms with Crippen molar-refractivity contribution in [1.29, 1.82) is 0 Å². The lowest BCUT2D eigenvalue weighted by Gasteiger charge is -2.23. The number of hydrogen-bond acceptors (Lipinski definition) is 2. The molecular formula is C34H50F2O2. The Morgan fingerprint density at radius 2 is 0.842 bits per heavy atom. The van der Waals surface area contributed by atoms with Crippen LogP contribution in [-0.4, -0.2) is 13.2 Å². The highest BCUT2D eigenvalue weighted by molar-refractivity contribution is 5.75. The van der Waals surface area contributed by atoms with Crippen LogP contribution in [0, 0.1) is 11.6 Å². The minimum Gasteiger partial charge on any atom is -0.491 e. The Bertz CT molecular complexity index is 878. The van der Waals surface area contributed by atoms with E-state index in [9.17, 15) is 0 Å². The van der Waals surface area contributed by atoms with Gasteiger partial charge in [-0.2, -0.15) is 0 Å². The van der Waals surface area contributed by atoms with Gasteiger partial charge in [-0.3, -0.25) is 0 Å². The summed E-state index contributed by atoms with van der Waals surface area (Å²) in [5, 5.41) is 0. The molecule has 0 saturated heterocycles. The topological polar surface area (TPSA) is 18.5 Å². The molecule has 0 radical (unpaired) electrons. The molecule has 0 unspecified atom stereocenters. The van der Waals surface area contributed by atoms with Gasteiger partial charge in [-0.1, -0.05) is 116 Å². The molecule has 0 aliphatic heterocycles. The van der Waals surface area contributed by atoms with Crippen LogP contribution >= 0.6 is 0 Å². The molecule has 4 heteroatoms. The second kappa shape index (κ2) is 17.5. The number of unbranched alkanes of at least 4 members (excludes halogenated alkanes) is 14. The Morgan fingerprint density at radius 3 is 1.21 bits per heavy atom. The van der Waals surface area contributed by atoms with E-state index < -0.39 is 0 Å². The van der Waals surface area contributed by atoms with Crippen molar-refractivity contribution in [1.82, 2.24) is 0 Å². The minimum absolute atomic E-state index is 0.289. The van der Waals surface area contributed by atoms with Crippen LogP contribution in [0.3, 0.4) is 0 Å². The molecule has 1 aliphatic carbocycles. The summed E-state index contributed by atoms with van der Waals surface area (Å²) in [6, 6.07) is 7.19. The summed E-state index contributed by atoms with van der Waals surface area (Å²) in [5.41, 5.74) is 2.82. The summed E-state index contributed by atoms with van der Waals surface area (Å²) in [5.74, 6) is 0.0631. The monoisotopic (exact) mass is 528 g/mol. The molecule has 0 saturated carbocycles. The van der Waals surface area contributed by atoms with Gasteiger partial charge in [0, 0.05) is 0 Å². The molecule has 0 heterocycles. The molecule has 2 aromatic carbocycles. The Kier molecular flexibility index (Phi) is 14.0. The van der Waals surface area contributed by atoms with Crippen LogP contribution in [-0.2, 0) is 12.8 Å². The predicted octanol–water partition coefficient (Wildman–Crippen LogP) is 10.8.